The summed E-state index contributed by atoms with van der Waals surface area (Å²) in [7, 11) is 0. The molecule has 60 valence electrons. The lowest BCUT2D eigenvalue weighted by molar-refractivity contribution is 1.12. The summed E-state index contributed by atoms with van der Waals surface area (Å²) in [6, 6.07) is 5.62. The van der Waals surface area contributed by atoms with Gasteiger partial charge in [0.15, 0.2) is 0 Å². The minimum atomic E-state index is 0.244. The Kier molecular flexibility index (Phi) is 3.23. The smallest absolute Gasteiger partial charge is 0.0635 e. The third-order valence-corrected chi connectivity index (χ3v) is 2.74. The molecule has 0 saturated heterocycles. The molecule has 0 spiro atoms. The van der Waals surface area contributed by atoms with Gasteiger partial charge in [0.2, 0.25) is 0 Å². The van der Waals surface area contributed by atoms with E-state index in [4.69, 9.17) is 23.2 Å². The largest absolute Gasteiger partial charge is 0.0841 e. The van der Waals surface area contributed by atoms with Gasteiger partial charge in [0.25, 0.3) is 0 Å². The van der Waals surface area contributed by atoms with Gasteiger partial charge in [0, 0.05) is 4.83 Å². The maximum Gasteiger partial charge on any atom is 0.0635 e. The van der Waals surface area contributed by atoms with Crippen molar-refractivity contribution >= 4 is 39.1 Å². The summed E-state index contributed by atoms with van der Waals surface area (Å²) in [4.78, 5) is 0.244. The van der Waals surface area contributed by atoms with Crippen LogP contribution in [-0.2, 0) is 0 Å². The van der Waals surface area contributed by atoms with E-state index in [-0.39, 0.29) is 4.83 Å². The molecule has 1 atom stereocenters. The molecule has 0 N–H and O–H groups in total. The molecule has 0 radical (unpaired) electrons. The molecule has 0 aliphatic carbocycles. The SMILES string of the molecule is CC(Br)c1cccc(Cl)c1Cl. The van der Waals surface area contributed by atoms with Crippen LogP contribution in [0.4, 0.5) is 0 Å². The van der Waals surface area contributed by atoms with Crippen LogP contribution in [0.15, 0.2) is 18.2 Å². The highest BCUT2D eigenvalue weighted by Crippen LogP contribution is 2.33. The quantitative estimate of drug-likeness (QED) is 0.649. The second kappa shape index (κ2) is 3.79. The average molecular weight is 254 g/mol. The van der Waals surface area contributed by atoms with Gasteiger partial charge in [-0.3, -0.25) is 0 Å². The normalized spacial score (nSPS) is 13.1. The first-order valence-electron chi connectivity index (χ1n) is 3.21. The fraction of sp³-hybridized carbons (Fsp3) is 0.250. The standard InChI is InChI=1S/C8H7BrCl2/c1-5(9)6-3-2-4-7(10)8(6)11/h2-5H,1H3. The summed E-state index contributed by atoms with van der Waals surface area (Å²) in [6.45, 7) is 2.01. The molecule has 0 fully saturated rings. The molecule has 0 aliphatic rings. The Labute approximate surface area is 84.6 Å². The Hall–Kier alpha value is 0.280. The van der Waals surface area contributed by atoms with E-state index >= 15 is 0 Å². The second-order valence-corrected chi connectivity index (χ2v) is 4.42. The lowest BCUT2D eigenvalue weighted by Gasteiger charge is -2.06. The second-order valence-electron chi connectivity index (χ2n) is 2.26. The van der Waals surface area contributed by atoms with E-state index in [0.29, 0.717) is 10.0 Å². The molecule has 0 aliphatic heterocycles. The predicted molar refractivity (Wildman–Crippen MR) is 53.8 cm³/mol. The maximum atomic E-state index is 5.93. The molecular weight excluding hydrogens is 247 g/mol. The van der Waals surface area contributed by atoms with Crippen LogP contribution in [0.5, 0.6) is 0 Å². The van der Waals surface area contributed by atoms with Crippen molar-refractivity contribution in [2.45, 2.75) is 11.8 Å². The molecule has 0 aromatic heterocycles. The Morgan fingerprint density at radius 2 is 2.00 bits per heavy atom. The van der Waals surface area contributed by atoms with Crippen LogP contribution < -0.4 is 0 Å². The Morgan fingerprint density at radius 1 is 1.36 bits per heavy atom. The summed E-state index contributed by atoms with van der Waals surface area (Å²) in [5.41, 5.74) is 1.03. The van der Waals surface area contributed by atoms with Gasteiger partial charge in [0.1, 0.15) is 0 Å². The van der Waals surface area contributed by atoms with E-state index in [1.165, 1.54) is 0 Å². The molecule has 1 aromatic carbocycles. The lowest BCUT2D eigenvalue weighted by Crippen LogP contribution is -1.84. The number of alkyl halides is 1. The van der Waals surface area contributed by atoms with Gasteiger partial charge in [-0.2, -0.15) is 0 Å². The van der Waals surface area contributed by atoms with Crippen LogP contribution in [0.2, 0.25) is 10.0 Å². The van der Waals surface area contributed by atoms with E-state index in [2.05, 4.69) is 15.9 Å². The zero-order chi connectivity index (χ0) is 8.43. The van der Waals surface area contributed by atoms with Crippen LogP contribution in [0.3, 0.4) is 0 Å². The average Bonchev–Trinajstić information content (AvgIpc) is 1.94. The topological polar surface area (TPSA) is 0 Å². The highest BCUT2D eigenvalue weighted by atomic mass is 79.9. The third-order valence-electron chi connectivity index (χ3n) is 1.41. The molecular formula is C8H7BrCl2. The molecule has 0 bridgehead atoms. The summed E-state index contributed by atoms with van der Waals surface area (Å²) in [6.07, 6.45) is 0. The van der Waals surface area contributed by atoms with Gasteiger partial charge in [0.05, 0.1) is 10.0 Å². The monoisotopic (exact) mass is 252 g/mol. The number of hydrogen-bond donors (Lipinski definition) is 0. The number of benzene rings is 1. The van der Waals surface area contributed by atoms with Crippen LogP contribution >= 0.6 is 39.1 Å². The van der Waals surface area contributed by atoms with Gasteiger partial charge < -0.3 is 0 Å². The molecule has 1 rings (SSSR count). The molecule has 0 amide bonds. The first-order chi connectivity index (χ1) is 5.13. The molecule has 0 nitrogen and oxygen atoms in total. The molecule has 1 aromatic rings. The molecule has 0 saturated carbocycles. The van der Waals surface area contributed by atoms with E-state index in [0.717, 1.165) is 5.56 Å². The van der Waals surface area contributed by atoms with Gasteiger partial charge in [-0.25, -0.2) is 0 Å². The molecule has 3 heteroatoms. The summed E-state index contributed by atoms with van der Waals surface area (Å²) >= 11 is 15.2. The van der Waals surface area contributed by atoms with Gasteiger partial charge in [-0.15, -0.1) is 0 Å². The van der Waals surface area contributed by atoms with Crippen LogP contribution in [-0.4, -0.2) is 0 Å². The van der Waals surface area contributed by atoms with E-state index in [1.54, 1.807) is 6.07 Å². The summed E-state index contributed by atoms with van der Waals surface area (Å²) < 4.78 is 0. The minimum absolute atomic E-state index is 0.244. The van der Waals surface area contributed by atoms with E-state index in [9.17, 15) is 0 Å². The van der Waals surface area contributed by atoms with Crippen molar-refractivity contribution in [1.82, 2.24) is 0 Å². The third kappa shape index (κ3) is 2.11. The van der Waals surface area contributed by atoms with E-state index in [1.807, 2.05) is 19.1 Å². The van der Waals surface area contributed by atoms with Gasteiger partial charge >= 0.3 is 0 Å². The van der Waals surface area contributed by atoms with Crippen molar-refractivity contribution in [3.05, 3.63) is 33.8 Å². The van der Waals surface area contributed by atoms with Gasteiger partial charge in [-0.05, 0) is 18.6 Å². The maximum absolute atomic E-state index is 5.93. The zero-order valence-electron chi connectivity index (χ0n) is 5.94. The van der Waals surface area contributed by atoms with Crippen LogP contribution in [0.1, 0.15) is 17.3 Å². The summed E-state index contributed by atoms with van der Waals surface area (Å²) in [5.74, 6) is 0. The van der Waals surface area contributed by atoms with Gasteiger partial charge in [-0.1, -0.05) is 51.3 Å². The Morgan fingerprint density at radius 3 is 2.45 bits per heavy atom. The van der Waals surface area contributed by atoms with Crippen molar-refractivity contribution in [3.63, 3.8) is 0 Å². The highest BCUT2D eigenvalue weighted by Gasteiger charge is 2.07. The van der Waals surface area contributed by atoms with E-state index < -0.39 is 0 Å². The van der Waals surface area contributed by atoms with Crippen molar-refractivity contribution in [2.75, 3.05) is 0 Å². The number of rotatable bonds is 1. The van der Waals surface area contributed by atoms with Crippen molar-refractivity contribution in [1.29, 1.82) is 0 Å². The number of hydrogen-bond acceptors (Lipinski definition) is 0. The zero-order valence-corrected chi connectivity index (χ0v) is 9.04. The minimum Gasteiger partial charge on any atom is -0.0841 e. The fourth-order valence-corrected chi connectivity index (χ4v) is 1.81. The molecule has 0 heterocycles. The predicted octanol–water partition coefficient (Wildman–Crippen LogP) is 4.45. The lowest BCUT2D eigenvalue weighted by atomic mass is 10.2. The van der Waals surface area contributed by atoms with Crippen LogP contribution in [0, 0.1) is 0 Å². The van der Waals surface area contributed by atoms with Crippen molar-refractivity contribution in [2.24, 2.45) is 0 Å². The summed E-state index contributed by atoms with van der Waals surface area (Å²) in [5, 5.41) is 1.24. The molecule has 1 unspecified atom stereocenters. The fourth-order valence-electron chi connectivity index (χ4n) is 0.828. The van der Waals surface area contributed by atoms with Crippen molar-refractivity contribution in [3.8, 4) is 0 Å². The molecule has 11 heavy (non-hydrogen) atoms. The first-order valence-corrected chi connectivity index (χ1v) is 4.88. The Bertz CT molecular complexity index is 258. The highest BCUT2D eigenvalue weighted by molar-refractivity contribution is 9.09. The van der Waals surface area contributed by atoms with Crippen molar-refractivity contribution < 1.29 is 0 Å². The van der Waals surface area contributed by atoms with Crippen LogP contribution in [0.25, 0.3) is 0 Å². The first kappa shape index (κ1) is 9.37. The Balaban J connectivity index is 3.17. The number of halogens is 3.